The van der Waals surface area contributed by atoms with Crippen LogP contribution < -0.4 is 21.3 Å². The molecule has 0 radical (unpaired) electrons. The van der Waals surface area contributed by atoms with Crippen LogP contribution in [-0.2, 0) is 28.7 Å². The lowest BCUT2D eigenvalue weighted by molar-refractivity contribution is -0.157. The summed E-state index contributed by atoms with van der Waals surface area (Å²) in [5.74, 6) is -3.00. The molecule has 41 heavy (non-hydrogen) atoms. The fourth-order valence-electron chi connectivity index (χ4n) is 4.57. The summed E-state index contributed by atoms with van der Waals surface area (Å²) in [7, 11) is 0. The first-order chi connectivity index (χ1) is 19.2. The third kappa shape index (κ3) is 10.7. The lowest BCUT2D eigenvalue weighted by Crippen LogP contribution is -2.57. The van der Waals surface area contributed by atoms with Crippen LogP contribution in [0, 0.1) is 11.3 Å². The van der Waals surface area contributed by atoms with Crippen LogP contribution in [0.15, 0.2) is 24.3 Å². The number of rotatable bonds is 12. The van der Waals surface area contributed by atoms with Crippen molar-refractivity contribution in [3.8, 4) is 0 Å². The Morgan fingerprint density at radius 3 is 2.37 bits per heavy atom. The van der Waals surface area contributed by atoms with Crippen LogP contribution in [0.25, 0.3) is 6.08 Å². The van der Waals surface area contributed by atoms with Gasteiger partial charge in [-0.15, -0.1) is 0 Å². The van der Waals surface area contributed by atoms with E-state index >= 15 is 0 Å². The van der Waals surface area contributed by atoms with Crippen molar-refractivity contribution in [3.63, 3.8) is 0 Å². The van der Waals surface area contributed by atoms with E-state index in [1.54, 1.807) is 18.2 Å². The highest BCUT2D eigenvalue weighted by Crippen LogP contribution is 2.25. The number of nitrogens with one attached hydrogen (secondary N) is 4. The molecule has 1 aliphatic carbocycles. The maximum absolute atomic E-state index is 13.7. The second kappa shape index (κ2) is 14.2. The summed E-state index contributed by atoms with van der Waals surface area (Å²) < 4.78 is 5.40. The Hall–Kier alpha value is -3.11. The highest BCUT2D eigenvalue weighted by molar-refractivity contribution is 6.35. The fraction of sp³-hybridized carbons (Fsp3) is 0.552. The highest BCUT2D eigenvalue weighted by atomic mass is 35.5. The van der Waals surface area contributed by atoms with E-state index in [9.17, 15) is 24.0 Å². The number of benzene rings is 1. The molecular weight excluding hydrogens is 571 g/mol. The van der Waals surface area contributed by atoms with Crippen molar-refractivity contribution < 1.29 is 28.7 Å². The van der Waals surface area contributed by atoms with E-state index in [4.69, 9.17) is 27.9 Å². The zero-order chi connectivity index (χ0) is 30.3. The van der Waals surface area contributed by atoms with Crippen molar-refractivity contribution in [2.24, 2.45) is 11.3 Å². The molecule has 4 amide bonds. The van der Waals surface area contributed by atoms with Gasteiger partial charge >= 0.3 is 5.97 Å². The second-order valence-corrected chi connectivity index (χ2v) is 12.6. The van der Waals surface area contributed by atoms with E-state index in [1.807, 2.05) is 20.8 Å². The Morgan fingerprint density at radius 1 is 1.10 bits per heavy atom. The first kappa shape index (κ1) is 32.4. The van der Waals surface area contributed by atoms with Crippen molar-refractivity contribution in [1.82, 2.24) is 21.3 Å². The summed E-state index contributed by atoms with van der Waals surface area (Å²) >= 11 is 12.1. The minimum atomic E-state index is -1.34. The van der Waals surface area contributed by atoms with E-state index in [-0.39, 0.29) is 30.2 Å². The van der Waals surface area contributed by atoms with Crippen LogP contribution in [0.5, 0.6) is 0 Å². The van der Waals surface area contributed by atoms with Crippen molar-refractivity contribution in [2.45, 2.75) is 84.0 Å². The smallest absolute Gasteiger partial charge is 0.303 e. The molecule has 1 aromatic carbocycles. The number of hydrogen-bond donors (Lipinski definition) is 4. The van der Waals surface area contributed by atoms with Gasteiger partial charge in [0.1, 0.15) is 6.04 Å². The molecule has 1 aliphatic heterocycles. The quantitative estimate of drug-likeness (QED) is 0.212. The Bertz CT molecular complexity index is 1190. The molecule has 4 atom stereocenters. The zero-order valence-corrected chi connectivity index (χ0v) is 25.2. The van der Waals surface area contributed by atoms with Crippen LogP contribution in [0.1, 0.15) is 65.4 Å². The van der Waals surface area contributed by atoms with Gasteiger partial charge in [0.05, 0.1) is 6.04 Å². The van der Waals surface area contributed by atoms with Crippen LogP contribution in [0.3, 0.4) is 0 Å². The van der Waals surface area contributed by atoms with Gasteiger partial charge in [-0.05, 0) is 61.3 Å². The number of carbonyl (C=O) groups is 5. The number of hydrogen-bond acceptors (Lipinski definition) is 6. The van der Waals surface area contributed by atoms with E-state index < -0.39 is 47.8 Å². The number of ether oxygens (including phenoxy) is 1. The standard InChI is InChI=1S/C29H38Cl2N4O6/c1-16(36)41-25(28(40)33-20-8-9-20)22(13-18-11-12-32-26(18)38)35-27(39)23(15-29(2,3)4)34-24(37)10-6-17-5-7-19(30)14-21(17)31/h5-7,10,14,18,20,22-23,25H,8-9,11-13,15H2,1-4H3,(H,32,38)(H,33,40)(H,34,37)(H,35,39)/b10-6+. The topological polar surface area (TPSA) is 143 Å². The maximum atomic E-state index is 13.7. The third-order valence-corrected chi connectivity index (χ3v) is 7.26. The predicted octanol–water partition coefficient (Wildman–Crippen LogP) is 3.15. The van der Waals surface area contributed by atoms with Crippen LogP contribution in [-0.4, -0.2) is 60.4 Å². The van der Waals surface area contributed by atoms with Crippen molar-refractivity contribution in [2.75, 3.05) is 6.54 Å². The summed E-state index contributed by atoms with van der Waals surface area (Å²) in [5.41, 5.74) is 0.210. The van der Waals surface area contributed by atoms with Crippen molar-refractivity contribution >= 4 is 58.9 Å². The average Bonchev–Trinajstić information content (AvgIpc) is 3.59. The molecule has 10 nitrogen and oxygen atoms in total. The first-order valence-corrected chi connectivity index (χ1v) is 14.5. The maximum Gasteiger partial charge on any atom is 0.303 e. The van der Waals surface area contributed by atoms with E-state index in [0.29, 0.717) is 28.6 Å². The Balaban J connectivity index is 1.82. The summed E-state index contributed by atoms with van der Waals surface area (Å²) in [4.78, 5) is 64.0. The Morgan fingerprint density at radius 2 is 1.80 bits per heavy atom. The number of carbonyl (C=O) groups excluding carboxylic acids is 5. The molecule has 1 aromatic rings. The molecule has 3 rings (SSSR count). The summed E-state index contributed by atoms with van der Waals surface area (Å²) in [5, 5.41) is 12.0. The van der Waals surface area contributed by atoms with Crippen molar-refractivity contribution in [1.29, 1.82) is 0 Å². The predicted molar refractivity (Wildman–Crippen MR) is 156 cm³/mol. The molecule has 2 aliphatic rings. The number of esters is 1. The van der Waals surface area contributed by atoms with E-state index in [0.717, 1.165) is 12.8 Å². The van der Waals surface area contributed by atoms with Gasteiger partial charge < -0.3 is 26.0 Å². The van der Waals surface area contributed by atoms with E-state index in [1.165, 1.54) is 19.1 Å². The van der Waals surface area contributed by atoms with Crippen molar-refractivity contribution in [3.05, 3.63) is 39.9 Å². The Kier molecular flexibility index (Phi) is 11.2. The van der Waals surface area contributed by atoms with E-state index in [2.05, 4.69) is 21.3 Å². The molecule has 1 saturated heterocycles. The molecule has 1 saturated carbocycles. The van der Waals surface area contributed by atoms with Gasteiger partial charge in [0.2, 0.25) is 17.7 Å². The van der Waals surface area contributed by atoms with Gasteiger partial charge in [-0.25, -0.2) is 0 Å². The molecule has 0 spiro atoms. The van der Waals surface area contributed by atoms with Gasteiger partial charge in [-0.3, -0.25) is 24.0 Å². The van der Waals surface area contributed by atoms with Crippen LogP contribution in [0.4, 0.5) is 0 Å². The minimum Gasteiger partial charge on any atom is -0.450 e. The molecule has 0 bridgehead atoms. The largest absolute Gasteiger partial charge is 0.450 e. The zero-order valence-electron chi connectivity index (χ0n) is 23.7. The van der Waals surface area contributed by atoms with Gasteiger partial charge in [-0.1, -0.05) is 50.0 Å². The van der Waals surface area contributed by atoms with Crippen LogP contribution in [0.2, 0.25) is 10.0 Å². The monoisotopic (exact) mass is 608 g/mol. The SMILES string of the molecule is CC(=O)OC(C(=O)NC1CC1)C(CC1CCNC1=O)NC(=O)C(CC(C)(C)C)NC(=O)/C=C/c1ccc(Cl)cc1Cl. The molecule has 2 fully saturated rings. The lowest BCUT2D eigenvalue weighted by atomic mass is 9.87. The molecular formula is C29H38Cl2N4O6. The summed E-state index contributed by atoms with van der Waals surface area (Å²) in [6, 6.07) is 2.86. The normalized spacial score (nSPS) is 19.2. The first-order valence-electron chi connectivity index (χ1n) is 13.7. The molecule has 4 N–H and O–H groups in total. The van der Waals surface area contributed by atoms with Gasteiger partial charge in [0, 0.05) is 41.5 Å². The molecule has 0 aromatic heterocycles. The minimum absolute atomic E-state index is 0.0134. The highest BCUT2D eigenvalue weighted by Gasteiger charge is 2.40. The van der Waals surface area contributed by atoms with Gasteiger partial charge in [-0.2, -0.15) is 0 Å². The van der Waals surface area contributed by atoms with Crippen LogP contribution >= 0.6 is 23.2 Å². The fourth-order valence-corrected chi connectivity index (χ4v) is 5.04. The molecule has 12 heteroatoms. The average molecular weight is 610 g/mol. The number of amides is 4. The summed E-state index contributed by atoms with van der Waals surface area (Å²) in [6.45, 7) is 7.43. The van der Waals surface area contributed by atoms with Gasteiger partial charge in [0.15, 0.2) is 6.10 Å². The van der Waals surface area contributed by atoms with Gasteiger partial charge in [0.25, 0.3) is 5.91 Å². The number of halogens is 2. The third-order valence-electron chi connectivity index (χ3n) is 6.70. The molecule has 224 valence electrons. The lowest BCUT2D eigenvalue weighted by Gasteiger charge is -2.31. The summed E-state index contributed by atoms with van der Waals surface area (Å²) in [6.07, 6.45) is 3.93. The second-order valence-electron chi connectivity index (χ2n) is 11.8. The molecule has 4 unspecified atom stereocenters. The Labute approximate surface area is 250 Å². The molecule has 1 heterocycles.